The highest BCUT2D eigenvalue weighted by molar-refractivity contribution is 5.70. The average molecular weight is 382 g/mol. The summed E-state index contributed by atoms with van der Waals surface area (Å²) in [5.74, 6) is -1.09. The van der Waals surface area contributed by atoms with E-state index in [1.165, 1.54) is 77.4 Å². The third-order valence-electron chi connectivity index (χ3n) is 4.56. The van der Waals surface area contributed by atoms with Crippen LogP contribution in [-0.4, -0.2) is 43.9 Å². The predicted octanol–water partition coefficient (Wildman–Crippen LogP) is 1.97. The minimum absolute atomic E-state index is 0.149. The third-order valence-corrected chi connectivity index (χ3v) is 4.56. The van der Waals surface area contributed by atoms with Crippen molar-refractivity contribution in [2.24, 2.45) is 0 Å². The molecule has 0 saturated carbocycles. The molecular weight excluding hydrogens is 342 g/mol. The maximum atomic E-state index is 10.5. The number of carboxylic acid groups (broad SMARTS) is 1. The first-order valence-corrected chi connectivity index (χ1v) is 10.3. The van der Waals surface area contributed by atoms with Gasteiger partial charge in [-0.15, -0.1) is 0 Å². The molecule has 0 fully saturated rings. The number of unbranched alkanes of at least 4 members (excludes halogenated alkanes) is 3. The molecule has 27 heavy (non-hydrogen) atoms. The molecule has 156 valence electrons. The van der Waals surface area contributed by atoms with Crippen molar-refractivity contribution in [1.29, 1.82) is 0 Å². The van der Waals surface area contributed by atoms with Gasteiger partial charge in [0.25, 0.3) is 0 Å². The second-order valence-corrected chi connectivity index (χ2v) is 6.97. The molecule has 1 rings (SSSR count). The van der Waals surface area contributed by atoms with Crippen LogP contribution in [0.3, 0.4) is 0 Å². The maximum Gasteiger partial charge on any atom is 0.115 e. The fraction of sp³-hybridized carbons (Fsp3) is 0.682. The van der Waals surface area contributed by atoms with Gasteiger partial charge in [0.2, 0.25) is 0 Å². The van der Waals surface area contributed by atoms with E-state index in [2.05, 4.69) is 20.8 Å². The number of phenols is 1. The van der Waals surface area contributed by atoms with Crippen LogP contribution in [0.15, 0.2) is 24.3 Å². The first kappa shape index (κ1) is 25.4. The Labute approximate surface area is 165 Å². The zero-order valence-corrected chi connectivity index (χ0v) is 17.6. The topological polar surface area (TPSA) is 74.0 Å². The summed E-state index contributed by atoms with van der Waals surface area (Å²) in [6, 6.07) is 6.28. The van der Waals surface area contributed by atoms with Crippen LogP contribution in [0.4, 0.5) is 0 Å². The lowest BCUT2D eigenvalue weighted by Crippen LogP contribution is -3.12. The Kier molecular flexibility index (Phi) is 15.6. The van der Waals surface area contributed by atoms with Gasteiger partial charge in [-0.2, -0.15) is 0 Å². The van der Waals surface area contributed by atoms with Gasteiger partial charge in [-0.25, -0.2) is 0 Å². The molecular formula is C22H39NO4. The Morgan fingerprint density at radius 3 is 1.78 bits per heavy atom. The summed E-state index contributed by atoms with van der Waals surface area (Å²) >= 11 is 0. The number of phenolic OH excluding ortho intramolecular Hbond substituents is 1. The van der Waals surface area contributed by atoms with Gasteiger partial charge >= 0.3 is 0 Å². The molecule has 1 unspecified atom stereocenters. The summed E-state index contributed by atoms with van der Waals surface area (Å²) in [6.45, 7) is 11.1. The fourth-order valence-corrected chi connectivity index (χ4v) is 2.76. The van der Waals surface area contributed by atoms with Crippen LogP contribution in [0.5, 0.6) is 5.75 Å². The van der Waals surface area contributed by atoms with E-state index in [1.807, 2.05) is 4.90 Å². The van der Waals surface area contributed by atoms with Gasteiger partial charge in [-0.05, 0) is 37.0 Å². The van der Waals surface area contributed by atoms with Gasteiger partial charge in [0.15, 0.2) is 0 Å². The summed E-state index contributed by atoms with van der Waals surface area (Å²) in [4.78, 5) is 12.4. The molecule has 1 aromatic carbocycles. The Morgan fingerprint density at radius 1 is 1.00 bits per heavy atom. The van der Waals surface area contributed by atoms with Crippen molar-refractivity contribution in [3.63, 3.8) is 0 Å². The van der Waals surface area contributed by atoms with E-state index in [0.717, 1.165) is 5.56 Å². The number of ether oxygens (including phenoxy) is 1. The Morgan fingerprint density at radius 2 is 1.44 bits per heavy atom. The highest BCUT2D eigenvalue weighted by Crippen LogP contribution is 2.11. The van der Waals surface area contributed by atoms with Gasteiger partial charge in [-0.1, -0.05) is 52.2 Å². The molecule has 1 atom stereocenters. The molecule has 0 radical (unpaired) electrons. The lowest BCUT2D eigenvalue weighted by Gasteiger charge is -2.18. The van der Waals surface area contributed by atoms with Crippen molar-refractivity contribution in [2.75, 3.05) is 26.7 Å². The van der Waals surface area contributed by atoms with Gasteiger partial charge in [0.05, 0.1) is 25.6 Å². The quantitative estimate of drug-likeness (QED) is 0.548. The highest BCUT2D eigenvalue weighted by atomic mass is 16.5. The zero-order valence-electron chi connectivity index (χ0n) is 17.6. The number of quaternary nitrogens is 1. The summed E-state index contributed by atoms with van der Waals surface area (Å²) < 4.78 is 4.72. The smallest absolute Gasteiger partial charge is 0.115 e. The van der Waals surface area contributed by atoms with Crippen LogP contribution in [0, 0.1) is 0 Å². The second kappa shape index (κ2) is 16.6. The number of aliphatic carboxylic acids is 1. The first-order valence-electron chi connectivity index (χ1n) is 10.3. The monoisotopic (exact) mass is 381 g/mol. The fourth-order valence-electron chi connectivity index (χ4n) is 2.76. The van der Waals surface area contributed by atoms with E-state index < -0.39 is 12.1 Å². The van der Waals surface area contributed by atoms with Crippen LogP contribution < -0.4 is 10.0 Å². The van der Waals surface area contributed by atoms with E-state index in [9.17, 15) is 9.90 Å². The number of aromatic hydroxyl groups is 1. The molecule has 0 aliphatic rings. The van der Waals surface area contributed by atoms with Gasteiger partial charge in [0, 0.05) is 13.5 Å². The molecule has 0 aliphatic carbocycles. The van der Waals surface area contributed by atoms with Crippen LogP contribution >= 0.6 is 0 Å². The number of carbonyl (C=O) groups is 1. The molecule has 5 nitrogen and oxygen atoms in total. The molecule has 0 aliphatic heterocycles. The number of hydrogen-bond donors (Lipinski definition) is 2. The van der Waals surface area contributed by atoms with E-state index in [0.29, 0.717) is 0 Å². The molecule has 0 amide bonds. The van der Waals surface area contributed by atoms with Crippen molar-refractivity contribution in [3.8, 4) is 5.75 Å². The van der Waals surface area contributed by atoms with E-state index in [-0.39, 0.29) is 12.2 Å². The predicted molar refractivity (Wildman–Crippen MR) is 108 cm³/mol. The van der Waals surface area contributed by atoms with Crippen molar-refractivity contribution < 1.29 is 24.6 Å². The Bertz CT molecular complexity index is 457. The van der Waals surface area contributed by atoms with Gasteiger partial charge in [-0.3, -0.25) is 0 Å². The molecule has 0 spiro atoms. The largest absolute Gasteiger partial charge is 0.547 e. The normalized spacial score (nSPS) is 11.7. The molecule has 0 bridgehead atoms. The van der Waals surface area contributed by atoms with Crippen molar-refractivity contribution in [2.45, 2.75) is 71.8 Å². The maximum absolute atomic E-state index is 10.5. The third kappa shape index (κ3) is 13.3. The molecule has 5 heteroatoms. The summed E-state index contributed by atoms with van der Waals surface area (Å²) in [5.41, 5.74) is 0.777. The first-order chi connectivity index (χ1) is 13.0. The standard InChI is InChI=1S/C12H27N.C10H12O4/c1-4-7-10-13(11-8-5-2)12-9-6-3;1-14-9(10(12)13)6-7-2-4-8(11)5-3-7/h4-12H2,1-3H3;2-5,9,11H,6H2,1H3,(H,12,13). The van der Waals surface area contributed by atoms with Crippen molar-refractivity contribution >= 4 is 5.97 Å². The minimum Gasteiger partial charge on any atom is -0.547 e. The number of rotatable bonds is 13. The van der Waals surface area contributed by atoms with Gasteiger partial charge < -0.3 is 24.6 Å². The number of carbonyl (C=O) groups excluding carboxylic acids is 1. The highest BCUT2D eigenvalue weighted by Gasteiger charge is 2.09. The molecule has 0 saturated heterocycles. The van der Waals surface area contributed by atoms with E-state index in [4.69, 9.17) is 9.84 Å². The average Bonchev–Trinajstić information content (AvgIpc) is 2.67. The number of hydrogen-bond acceptors (Lipinski definition) is 4. The molecule has 1 aromatic rings. The number of nitrogens with one attached hydrogen (secondary N) is 1. The van der Waals surface area contributed by atoms with Crippen LogP contribution in [-0.2, 0) is 16.0 Å². The minimum atomic E-state index is -1.24. The lowest BCUT2D eigenvalue weighted by atomic mass is 10.1. The van der Waals surface area contributed by atoms with Crippen LogP contribution in [0.2, 0.25) is 0 Å². The summed E-state index contributed by atoms with van der Waals surface area (Å²) in [7, 11) is 1.32. The molecule has 0 heterocycles. The Balaban J connectivity index is 0.000000503. The number of benzene rings is 1. The molecule has 2 N–H and O–H groups in total. The lowest BCUT2D eigenvalue weighted by molar-refractivity contribution is -0.900. The summed E-state index contributed by atoms with van der Waals surface area (Å²) in [5, 5.41) is 19.5. The zero-order chi connectivity index (χ0) is 20.5. The van der Waals surface area contributed by atoms with Gasteiger partial charge in [0.1, 0.15) is 11.9 Å². The molecule has 0 aromatic heterocycles. The number of carboxylic acids is 1. The van der Waals surface area contributed by atoms with E-state index >= 15 is 0 Å². The van der Waals surface area contributed by atoms with Crippen LogP contribution in [0.1, 0.15) is 64.9 Å². The van der Waals surface area contributed by atoms with Crippen molar-refractivity contribution in [1.82, 2.24) is 0 Å². The second-order valence-electron chi connectivity index (χ2n) is 6.97. The summed E-state index contributed by atoms with van der Waals surface area (Å²) in [6.07, 6.45) is 7.55. The van der Waals surface area contributed by atoms with Crippen LogP contribution in [0.25, 0.3) is 0 Å². The SMILES string of the molecule is CCCC[NH+](CCCC)CCCC.COC(Cc1ccc(O)cc1)C(=O)[O-]. The number of methoxy groups -OCH3 is 1. The van der Waals surface area contributed by atoms with Crippen molar-refractivity contribution in [3.05, 3.63) is 29.8 Å². The Hall–Kier alpha value is -1.59. The van der Waals surface area contributed by atoms with E-state index in [1.54, 1.807) is 12.1 Å².